The lowest BCUT2D eigenvalue weighted by molar-refractivity contribution is -0.783. The van der Waals surface area contributed by atoms with Crippen LogP contribution in [0.4, 0.5) is 0 Å². The van der Waals surface area contributed by atoms with E-state index in [0.29, 0.717) is 0 Å². The van der Waals surface area contributed by atoms with Gasteiger partial charge in [-0.1, -0.05) is 0 Å². The summed E-state index contributed by atoms with van der Waals surface area (Å²) in [5.41, 5.74) is 2.67. The molecule has 0 N–H and O–H groups in total. The topological polar surface area (TPSA) is 31.8 Å². The average Bonchev–Trinajstić information content (AvgIpc) is 3.22. The highest BCUT2D eigenvalue weighted by molar-refractivity contribution is 7.70. The molecule has 0 radical (unpaired) electrons. The fourth-order valence-electron chi connectivity index (χ4n) is 4.45. The van der Waals surface area contributed by atoms with E-state index in [1.54, 1.807) is 0 Å². The Morgan fingerprint density at radius 1 is 0.826 bits per heavy atom. The van der Waals surface area contributed by atoms with Gasteiger partial charge < -0.3 is 0 Å². The smallest absolute Gasteiger partial charge is 0.245 e. The van der Waals surface area contributed by atoms with E-state index in [-0.39, 0.29) is 20.2 Å². The van der Waals surface area contributed by atoms with Crippen LogP contribution >= 0.6 is 15.1 Å². The van der Waals surface area contributed by atoms with Gasteiger partial charge in [-0.05, 0) is 26.7 Å². The molecular weight excluding hydrogens is 322 g/mol. The van der Waals surface area contributed by atoms with E-state index in [1.165, 1.54) is 47.1 Å². The molecule has 6 heteroatoms. The fraction of sp³-hybridized carbons (Fsp3) is 0.529. The largest absolute Gasteiger partial charge is 0.425 e. The number of aryl methyl sites for hydroxylation is 2. The summed E-state index contributed by atoms with van der Waals surface area (Å²) < 4.78 is 5.35. The van der Waals surface area contributed by atoms with Crippen LogP contribution < -0.4 is 0 Å². The van der Waals surface area contributed by atoms with E-state index in [4.69, 9.17) is 9.97 Å². The van der Waals surface area contributed by atoms with Crippen LogP contribution in [-0.2, 0) is 5.15 Å². The Bertz CT molecular complexity index is 799. The first-order valence-corrected chi connectivity index (χ1v) is 11.2. The van der Waals surface area contributed by atoms with Crippen molar-refractivity contribution in [1.82, 2.24) is 9.97 Å². The van der Waals surface area contributed by atoms with E-state index in [0.717, 1.165) is 13.1 Å². The maximum absolute atomic E-state index is 4.78. The third kappa shape index (κ3) is 1.69. The van der Waals surface area contributed by atoms with Crippen molar-refractivity contribution < 1.29 is 9.15 Å². The third-order valence-electron chi connectivity index (χ3n) is 5.39. The molecule has 3 aliphatic rings. The summed E-state index contributed by atoms with van der Waals surface area (Å²) in [4.78, 5) is 9.56. The molecule has 0 aromatic carbocycles. The normalized spacial score (nSPS) is 27.0. The molecule has 1 spiro atoms. The van der Waals surface area contributed by atoms with E-state index < -0.39 is 0 Å². The van der Waals surface area contributed by atoms with Crippen LogP contribution in [0.2, 0.25) is 0 Å². The molecule has 5 rings (SSSR count). The van der Waals surface area contributed by atoms with Crippen LogP contribution in [0.15, 0.2) is 12.4 Å². The Kier molecular flexibility index (Phi) is 3.00. The molecule has 0 aliphatic carbocycles. The molecule has 0 saturated carbocycles. The third-order valence-corrected chi connectivity index (χ3v) is 11.8. The Morgan fingerprint density at radius 3 is 1.78 bits per heavy atom. The number of rotatable bonds is 0. The maximum atomic E-state index is 4.78. The van der Waals surface area contributed by atoms with Gasteiger partial charge in [0.15, 0.2) is 23.9 Å². The molecule has 23 heavy (non-hydrogen) atoms. The molecule has 1 saturated heterocycles. The van der Waals surface area contributed by atoms with Crippen molar-refractivity contribution in [3.8, 4) is 0 Å². The van der Waals surface area contributed by atoms with Crippen LogP contribution in [0.1, 0.15) is 47.1 Å². The fourth-order valence-corrected chi connectivity index (χ4v) is 12.0. The molecule has 3 aliphatic heterocycles. The number of aromatic nitrogens is 2. The lowest BCUT2D eigenvalue weighted by atomic mass is 10.2. The first-order valence-electron chi connectivity index (χ1n) is 8.56. The summed E-state index contributed by atoms with van der Waals surface area (Å²) in [6, 6.07) is 0. The SMILES string of the molecule is Cc1cnc2p1C13[N+](=C2)CCCCCC[N+]1=Cc1ncc(C)p13. The number of hydrogen-bond acceptors (Lipinski definition) is 2. The van der Waals surface area contributed by atoms with Crippen molar-refractivity contribution in [3.63, 3.8) is 0 Å². The van der Waals surface area contributed by atoms with E-state index >= 15 is 0 Å². The first-order chi connectivity index (χ1) is 11.2. The van der Waals surface area contributed by atoms with Crippen LogP contribution in [0.25, 0.3) is 0 Å². The van der Waals surface area contributed by atoms with E-state index in [1.807, 2.05) is 0 Å². The number of fused-ring (bicyclic) bond motifs is 2. The molecule has 0 bridgehead atoms. The van der Waals surface area contributed by atoms with Crippen LogP contribution in [0.5, 0.6) is 0 Å². The first kappa shape index (κ1) is 14.1. The average molecular weight is 344 g/mol. The second kappa shape index (κ2) is 4.88. The summed E-state index contributed by atoms with van der Waals surface area (Å²) >= 11 is 0. The lowest BCUT2D eigenvalue weighted by Crippen LogP contribution is -2.39. The summed E-state index contributed by atoms with van der Waals surface area (Å²) in [6.07, 6.45) is 14.3. The zero-order valence-corrected chi connectivity index (χ0v) is 15.5. The standard InChI is InChI=1S/C17H22N4P2/c1-13-9-18-15-11-20-7-5-3-4-6-8-21-12-16-19-10-14(2)23(16)17(20,21)22(13)15/h9-12H,3-8H2,1-2H3/q+2. The number of hydrogen-bond donors (Lipinski definition) is 0. The monoisotopic (exact) mass is 344 g/mol. The molecule has 0 amide bonds. The Labute approximate surface area is 138 Å². The Balaban J connectivity index is 1.86. The van der Waals surface area contributed by atoms with Gasteiger partial charge in [-0.2, -0.15) is 9.15 Å². The van der Waals surface area contributed by atoms with Crippen molar-refractivity contribution in [1.29, 1.82) is 0 Å². The highest BCUT2D eigenvalue weighted by Crippen LogP contribution is 2.70. The van der Waals surface area contributed by atoms with Crippen molar-refractivity contribution in [2.24, 2.45) is 0 Å². The van der Waals surface area contributed by atoms with Gasteiger partial charge in [0.05, 0.1) is 15.1 Å². The van der Waals surface area contributed by atoms with Crippen molar-refractivity contribution >= 4 is 27.5 Å². The van der Waals surface area contributed by atoms with Gasteiger partial charge in [-0.25, -0.2) is 9.97 Å². The molecule has 4 nitrogen and oxygen atoms in total. The van der Waals surface area contributed by atoms with Crippen LogP contribution in [-0.4, -0.2) is 44.6 Å². The minimum absolute atomic E-state index is 0.0981. The molecule has 1 fully saturated rings. The Hall–Kier alpha value is -1.24. The second-order valence-corrected chi connectivity index (χ2v) is 12.1. The molecule has 2 atom stereocenters. The highest BCUT2D eigenvalue weighted by Gasteiger charge is 2.65. The number of nitrogens with zero attached hydrogens (tertiary/aromatic N) is 4. The van der Waals surface area contributed by atoms with E-state index in [2.05, 4.69) is 47.8 Å². The minimum Gasteiger partial charge on any atom is -0.245 e. The van der Waals surface area contributed by atoms with Crippen molar-refractivity contribution in [2.75, 3.05) is 13.1 Å². The van der Waals surface area contributed by atoms with Crippen molar-refractivity contribution in [2.45, 2.75) is 44.7 Å². The van der Waals surface area contributed by atoms with Crippen LogP contribution in [0.3, 0.4) is 0 Å². The second-order valence-electron chi connectivity index (χ2n) is 6.85. The summed E-state index contributed by atoms with van der Waals surface area (Å²) in [5.74, 6) is 0. The molecule has 2 aromatic rings. The molecule has 118 valence electrons. The summed E-state index contributed by atoms with van der Waals surface area (Å²) in [7, 11) is -0.777. The van der Waals surface area contributed by atoms with Gasteiger partial charge in [-0.3, -0.25) is 0 Å². The lowest BCUT2D eigenvalue weighted by Gasteiger charge is -2.23. The van der Waals surface area contributed by atoms with Gasteiger partial charge in [0.25, 0.3) is 0 Å². The zero-order valence-electron chi connectivity index (χ0n) is 13.7. The summed E-state index contributed by atoms with van der Waals surface area (Å²) in [6.45, 7) is 6.90. The van der Waals surface area contributed by atoms with E-state index in [9.17, 15) is 0 Å². The van der Waals surface area contributed by atoms with Crippen molar-refractivity contribution in [3.05, 3.63) is 33.8 Å². The van der Waals surface area contributed by atoms with Gasteiger partial charge in [0, 0.05) is 35.8 Å². The molecular formula is C17H22N4P2+2. The Morgan fingerprint density at radius 2 is 1.30 bits per heavy atom. The van der Waals surface area contributed by atoms with Gasteiger partial charge in [0.1, 0.15) is 0 Å². The van der Waals surface area contributed by atoms with Gasteiger partial charge >= 0.3 is 5.15 Å². The summed E-state index contributed by atoms with van der Waals surface area (Å²) in [5, 5.41) is 3.06. The quantitative estimate of drug-likeness (QED) is 0.683. The zero-order chi connectivity index (χ0) is 15.6. The van der Waals surface area contributed by atoms with Gasteiger partial charge in [0.2, 0.25) is 12.4 Å². The van der Waals surface area contributed by atoms with Gasteiger partial charge in [-0.15, -0.1) is 0 Å². The molecule has 5 heterocycles. The highest BCUT2D eigenvalue weighted by atomic mass is 31.2. The predicted molar refractivity (Wildman–Crippen MR) is 95.8 cm³/mol. The molecule has 2 unspecified atom stereocenters. The molecule has 2 aromatic heterocycles. The predicted octanol–water partition coefficient (Wildman–Crippen LogP) is 3.65. The maximum Gasteiger partial charge on any atom is 0.425 e. The van der Waals surface area contributed by atoms with Crippen LogP contribution in [0, 0.1) is 13.8 Å². The minimum atomic E-state index is -0.389.